The molecule has 1 N–H and O–H groups in total. The first kappa shape index (κ1) is 12.9. The first-order valence-corrected chi connectivity index (χ1v) is 7.90. The van der Waals surface area contributed by atoms with Crippen molar-refractivity contribution in [3.05, 3.63) is 39.3 Å². The Labute approximate surface area is 118 Å². The Bertz CT molecular complexity index is 551. The summed E-state index contributed by atoms with van der Waals surface area (Å²) in [7, 11) is 0. The molecule has 0 aromatic carbocycles. The van der Waals surface area contributed by atoms with E-state index in [0.717, 1.165) is 25.6 Å². The molecular weight excluding hydrogens is 254 g/mol. The van der Waals surface area contributed by atoms with Gasteiger partial charge in [-0.25, -0.2) is 0 Å². The van der Waals surface area contributed by atoms with Crippen molar-refractivity contribution in [2.45, 2.75) is 52.2 Å². The van der Waals surface area contributed by atoms with Crippen molar-refractivity contribution < 1.29 is 0 Å². The van der Waals surface area contributed by atoms with Gasteiger partial charge >= 0.3 is 0 Å². The van der Waals surface area contributed by atoms with Gasteiger partial charge in [0, 0.05) is 33.6 Å². The van der Waals surface area contributed by atoms with Crippen molar-refractivity contribution in [3.63, 3.8) is 0 Å². The van der Waals surface area contributed by atoms with Crippen molar-refractivity contribution in [2.75, 3.05) is 0 Å². The van der Waals surface area contributed by atoms with Crippen LogP contribution in [-0.4, -0.2) is 15.8 Å². The maximum absolute atomic E-state index is 4.53. The van der Waals surface area contributed by atoms with E-state index in [1.807, 2.05) is 17.5 Å². The minimum atomic E-state index is 0.757. The zero-order valence-electron chi connectivity index (χ0n) is 11.6. The molecule has 0 atom stereocenters. The fraction of sp³-hybridized carbons (Fsp3) is 0.533. The quantitative estimate of drug-likeness (QED) is 0.878. The number of nitrogens with one attached hydrogen (secondary N) is 1. The fourth-order valence-corrected chi connectivity index (χ4v) is 3.14. The van der Waals surface area contributed by atoms with Gasteiger partial charge in [0.1, 0.15) is 0 Å². The van der Waals surface area contributed by atoms with E-state index in [4.69, 9.17) is 0 Å². The van der Waals surface area contributed by atoms with E-state index < -0.39 is 0 Å². The van der Waals surface area contributed by atoms with Crippen LogP contribution in [0.4, 0.5) is 0 Å². The van der Waals surface area contributed by atoms with Crippen molar-refractivity contribution in [1.29, 1.82) is 0 Å². The number of thiophene rings is 1. The van der Waals surface area contributed by atoms with Gasteiger partial charge in [-0.2, -0.15) is 5.10 Å². The Hall–Kier alpha value is -1.13. The summed E-state index contributed by atoms with van der Waals surface area (Å²) in [5.41, 5.74) is 2.62. The summed E-state index contributed by atoms with van der Waals surface area (Å²) >= 11 is 1.90. The average Bonchev–Trinajstić information content (AvgIpc) is 3.04. The van der Waals surface area contributed by atoms with Crippen LogP contribution >= 0.6 is 11.3 Å². The zero-order chi connectivity index (χ0) is 13.2. The molecule has 2 aromatic rings. The molecule has 1 fully saturated rings. The molecule has 1 saturated carbocycles. The highest BCUT2D eigenvalue weighted by molar-refractivity contribution is 7.11. The highest BCUT2D eigenvalue weighted by Gasteiger charge is 2.20. The first-order valence-electron chi connectivity index (χ1n) is 7.08. The molecule has 0 bridgehead atoms. The van der Waals surface area contributed by atoms with Gasteiger partial charge in [-0.15, -0.1) is 11.3 Å². The van der Waals surface area contributed by atoms with Gasteiger partial charge in [0.25, 0.3) is 0 Å². The van der Waals surface area contributed by atoms with E-state index in [0.29, 0.717) is 0 Å². The van der Waals surface area contributed by atoms with Crippen LogP contribution in [0.25, 0.3) is 0 Å². The van der Waals surface area contributed by atoms with Gasteiger partial charge in [0.15, 0.2) is 0 Å². The monoisotopic (exact) mass is 275 g/mol. The first-order chi connectivity index (χ1) is 9.26. The molecule has 1 aliphatic carbocycles. The Morgan fingerprint density at radius 1 is 1.37 bits per heavy atom. The standard InChI is InChI=1S/C15H21N3S/c1-3-14-6-7-15(19-14)10-18-11(2)12(9-17-18)8-16-13-4-5-13/h6-7,9,13,16H,3-5,8,10H2,1-2H3. The predicted octanol–water partition coefficient (Wildman–Crippen LogP) is 3.12. The Kier molecular flexibility index (Phi) is 3.71. The lowest BCUT2D eigenvalue weighted by Crippen LogP contribution is -2.15. The second-order valence-corrected chi connectivity index (χ2v) is 6.54. The Morgan fingerprint density at radius 3 is 2.84 bits per heavy atom. The van der Waals surface area contributed by atoms with Crippen LogP contribution in [0.1, 0.15) is 40.8 Å². The second-order valence-electron chi connectivity index (χ2n) is 5.29. The molecule has 4 heteroatoms. The molecule has 0 aliphatic heterocycles. The average molecular weight is 275 g/mol. The molecule has 0 amide bonds. The normalized spacial score (nSPS) is 15.1. The maximum Gasteiger partial charge on any atom is 0.0755 e. The second kappa shape index (κ2) is 5.47. The van der Waals surface area contributed by atoms with Gasteiger partial charge in [-0.3, -0.25) is 4.68 Å². The molecule has 102 valence electrons. The lowest BCUT2D eigenvalue weighted by molar-refractivity contribution is 0.659. The van der Waals surface area contributed by atoms with Crippen LogP contribution in [0.3, 0.4) is 0 Å². The smallest absolute Gasteiger partial charge is 0.0755 e. The zero-order valence-corrected chi connectivity index (χ0v) is 12.5. The van der Waals surface area contributed by atoms with E-state index in [1.165, 1.54) is 33.9 Å². The number of nitrogens with zero attached hydrogens (tertiary/aromatic N) is 2. The predicted molar refractivity (Wildman–Crippen MR) is 79.6 cm³/mol. The molecule has 0 unspecified atom stereocenters. The number of hydrogen-bond donors (Lipinski definition) is 1. The summed E-state index contributed by atoms with van der Waals surface area (Å²) in [5, 5.41) is 8.08. The van der Waals surface area contributed by atoms with Crippen LogP contribution in [0.5, 0.6) is 0 Å². The van der Waals surface area contributed by atoms with Crippen molar-refractivity contribution in [3.8, 4) is 0 Å². The summed E-state index contributed by atoms with van der Waals surface area (Å²) in [5.74, 6) is 0. The number of hydrogen-bond acceptors (Lipinski definition) is 3. The van der Waals surface area contributed by atoms with Gasteiger partial charge in [0.05, 0.1) is 12.7 Å². The van der Waals surface area contributed by atoms with Gasteiger partial charge < -0.3 is 5.32 Å². The van der Waals surface area contributed by atoms with Crippen LogP contribution in [0.15, 0.2) is 18.3 Å². The van der Waals surface area contributed by atoms with E-state index in [-0.39, 0.29) is 0 Å². The van der Waals surface area contributed by atoms with Crippen LogP contribution in [0.2, 0.25) is 0 Å². The van der Waals surface area contributed by atoms with Crippen molar-refractivity contribution in [1.82, 2.24) is 15.1 Å². The molecule has 3 rings (SSSR count). The molecule has 3 nitrogen and oxygen atoms in total. The number of rotatable bonds is 6. The molecule has 0 radical (unpaired) electrons. The molecule has 2 aromatic heterocycles. The summed E-state index contributed by atoms with van der Waals surface area (Å²) in [4.78, 5) is 2.85. The van der Waals surface area contributed by atoms with Crippen LogP contribution < -0.4 is 5.32 Å². The molecule has 1 aliphatic rings. The minimum absolute atomic E-state index is 0.757. The molecule has 19 heavy (non-hydrogen) atoms. The van der Waals surface area contributed by atoms with Gasteiger partial charge in [-0.05, 0) is 38.3 Å². The van der Waals surface area contributed by atoms with Crippen molar-refractivity contribution >= 4 is 11.3 Å². The minimum Gasteiger partial charge on any atom is -0.310 e. The van der Waals surface area contributed by atoms with E-state index in [9.17, 15) is 0 Å². The third-order valence-electron chi connectivity index (χ3n) is 3.73. The third-order valence-corrected chi connectivity index (χ3v) is 4.95. The highest BCUT2D eigenvalue weighted by atomic mass is 32.1. The van der Waals surface area contributed by atoms with Crippen LogP contribution in [-0.2, 0) is 19.5 Å². The molecule has 0 saturated heterocycles. The third kappa shape index (κ3) is 3.07. The molecule has 0 spiro atoms. The van der Waals surface area contributed by atoms with E-state index in [2.05, 4.69) is 41.1 Å². The van der Waals surface area contributed by atoms with Crippen LogP contribution in [0, 0.1) is 6.92 Å². The number of aromatic nitrogens is 2. The Morgan fingerprint density at radius 2 is 2.16 bits per heavy atom. The summed E-state index contributed by atoms with van der Waals surface area (Å²) in [6.45, 7) is 6.24. The fourth-order valence-electron chi connectivity index (χ4n) is 2.20. The lowest BCUT2D eigenvalue weighted by Gasteiger charge is -2.05. The SMILES string of the molecule is CCc1ccc(Cn2ncc(CNC3CC3)c2C)s1. The number of aryl methyl sites for hydroxylation is 1. The lowest BCUT2D eigenvalue weighted by atomic mass is 10.2. The largest absolute Gasteiger partial charge is 0.310 e. The topological polar surface area (TPSA) is 29.9 Å². The molecule has 2 heterocycles. The van der Waals surface area contributed by atoms with Gasteiger partial charge in [-0.1, -0.05) is 6.92 Å². The molecular formula is C15H21N3S. The maximum atomic E-state index is 4.53. The van der Waals surface area contributed by atoms with Crippen molar-refractivity contribution in [2.24, 2.45) is 0 Å². The summed E-state index contributed by atoms with van der Waals surface area (Å²) in [6.07, 6.45) is 5.81. The summed E-state index contributed by atoms with van der Waals surface area (Å²) in [6, 6.07) is 5.22. The van der Waals surface area contributed by atoms with Gasteiger partial charge in [0.2, 0.25) is 0 Å². The Balaban J connectivity index is 1.66. The van der Waals surface area contributed by atoms with E-state index in [1.54, 1.807) is 0 Å². The highest BCUT2D eigenvalue weighted by Crippen LogP contribution is 2.21. The summed E-state index contributed by atoms with van der Waals surface area (Å²) < 4.78 is 2.12. The van der Waals surface area contributed by atoms with E-state index >= 15 is 0 Å².